The first-order valence-electron chi connectivity index (χ1n) is 7.36. The van der Waals surface area contributed by atoms with Crippen LogP contribution in [0.1, 0.15) is 29.6 Å². The number of nitrogens with one attached hydrogen (secondary N) is 2. The fourth-order valence-electron chi connectivity index (χ4n) is 4.60. The molecule has 0 saturated heterocycles. The summed E-state index contributed by atoms with van der Waals surface area (Å²) in [7, 11) is 0. The van der Waals surface area contributed by atoms with E-state index in [9.17, 15) is 13.6 Å². The van der Waals surface area contributed by atoms with Crippen LogP contribution in [0.15, 0.2) is 12.1 Å². The maximum Gasteiger partial charge on any atom is 0.251 e. The van der Waals surface area contributed by atoms with E-state index in [1.807, 2.05) is 5.43 Å². The Labute approximate surface area is 121 Å². The molecular weight excluding hydrogens is 276 g/mol. The van der Waals surface area contributed by atoms with Gasteiger partial charge in [0.2, 0.25) is 0 Å². The minimum atomic E-state index is -0.862. The molecule has 0 aromatic heterocycles. The molecule has 4 nitrogen and oxygen atoms in total. The van der Waals surface area contributed by atoms with Gasteiger partial charge < -0.3 is 10.7 Å². The normalized spacial score (nSPS) is 35.5. The van der Waals surface area contributed by atoms with Crippen molar-refractivity contribution in [2.75, 3.05) is 5.43 Å². The Kier molecular flexibility index (Phi) is 2.73. The van der Waals surface area contributed by atoms with Crippen molar-refractivity contribution in [1.82, 2.24) is 5.32 Å². The fraction of sp³-hybridized carbons (Fsp3) is 0.533. The van der Waals surface area contributed by atoms with Gasteiger partial charge in [0.1, 0.15) is 5.69 Å². The van der Waals surface area contributed by atoms with Gasteiger partial charge in [-0.15, -0.1) is 0 Å². The molecule has 3 aliphatic carbocycles. The zero-order valence-electron chi connectivity index (χ0n) is 11.4. The van der Waals surface area contributed by atoms with Crippen LogP contribution in [0, 0.1) is 35.3 Å². The van der Waals surface area contributed by atoms with E-state index in [1.54, 1.807) is 0 Å². The van der Waals surface area contributed by atoms with Gasteiger partial charge in [-0.3, -0.25) is 10.6 Å². The smallest absolute Gasteiger partial charge is 0.251 e. The number of benzene rings is 1. The molecule has 4 unspecified atom stereocenters. The number of halogens is 2. The molecule has 21 heavy (non-hydrogen) atoms. The van der Waals surface area contributed by atoms with Gasteiger partial charge >= 0.3 is 0 Å². The number of carbonyl (C=O) groups is 1. The largest absolute Gasteiger partial charge is 0.349 e. The average Bonchev–Trinajstić information content (AvgIpc) is 2.83. The van der Waals surface area contributed by atoms with Gasteiger partial charge in [-0.1, -0.05) is 0 Å². The van der Waals surface area contributed by atoms with Crippen LogP contribution < -0.4 is 16.6 Å². The van der Waals surface area contributed by atoms with Gasteiger partial charge in [-0.2, -0.15) is 0 Å². The summed E-state index contributed by atoms with van der Waals surface area (Å²) in [4.78, 5) is 12.2. The monoisotopic (exact) mass is 293 g/mol. The molecular formula is C15H17F2N3O. The third-order valence-corrected chi connectivity index (χ3v) is 5.48. The van der Waals surface area contributed by atoms with Crippen LogP contribution in [0.2, 0.25) is 0 Å². The van der Waals surface area contributed by atoms with Crippen LogP contribution in [-0.2, 0) is 0 Å². The summed E-state index contributed by atoms with van der Waals surface area (Å²) in [5, 5.41) is 2.94. The van der Waals surface area contributed by atoms with Gasteiger partial charge in [0.25, 0.3) is 5.91 Å². The van der Waals surface area contributed by atoms with Gasteiger partial charge in [-0.05, 0) is 55.1 Å². The first-order chi connectivity index (χ1) is 10.1. The molecule has 112 valence electrons. The number of nitrogen functional groups attached to an aromatic ring is 1. The highest BCUT2D eigenvalue weighted by atomic mass is 19.1. The van der Waals surface area contributed by atoms with Crippen molar-refractivity contribution < 1.29 is 13.6 Å². The van der Waals surface area contributed by atoms with E-state index in [1.165, 1.54) is 19.3 Å². The average molecular weight is 293 g/mol. The molecule has 6 heteroatoms. The topological polar surface area (TPSA) is 67.1 Å². The van der Waals surface area contributed by atoms with Crippen LogP contribution in [0.5, 0.6) is 0 Å². The highest BCUT2D eigenvalue weighted by Gasteiger charge is 2.65. The Morgan fingerprint density at radius 1 is 1.14 bits per heavy atom. The zero-order valence-corrected chi connectivity index (χ0v) is 11.4. The molecule has 3 saturated carbocycles. The summed E-state index contributed by atoms with van der Waals surface area (Å²) in [6.45, 7) is 0. The number of hydrogen-bond acceptors (Lipinski definition) is 3. The molecule has 0 spiro atoms. The predicted molar refractivity (Wildman–Crippen MR) is 73.2 cm³/mol. The molecule has 1 aromatic rings. The number of carbonyl (C=O) groups excluding carboxylic acids is 1. The number of anilines is 1. The second kappa shape index (κ2) is 4.40. The highest BCUT2D eigenvalue weighted by molar-refractivity contribution is 5.95. The lowest BCUT2D eigenvalue weighted by molar-refractivity contribution is 0.0943. The van der Waals surface area contributed by atoms with Crippen LogP contribution in [0.3, 0.4) is 0 Å². The Balaban J connectivity index is 1.49. The molecule has 4 atom stereocenters. The molecule has 1 aromatic carbocycles. The van der Waals surface area contributed by atoms with Crippen molar-refractivity contribution in [3.8, 4) is 0 Å². The minimum Gasteiger partial charge on any atom is -0.349 e. The van der Waals surface area contributed by atoms with Gasteiger partial charge in [0, 0.05) is 11.6 Å². The summed E-state index contributed by atoms with van der Waals surface area (Å²) in [6.07, 6.45) is 3.82. The Hall–Kier alpha value is -1.69. The van der Waals surface area contributed by atoms with Crippen LogP contribution in [0.25, 0.3) is 0 Å². The lowest BCUT2D eigenvalue weighted by atomic mass is 10.0. The van der Waals surface area contributed by atoms with Crippen LogP contribution >= 0.6 is 0 Å². The second-order valence-electron chi connectivity index (χ2n) is 6.45. The first-order valence-corrected chi connectivity index (χ1v) is 7.36. The van der Waals surface area contributed by atoms with E-state index in [4.69, 9.17) is 5.84 Å². The van der Waals surface area contributed by atoms with E-state index in [0.29, 0.717) is 11.8 Å². The number of nitrogens with two attached hydrogens (primary N) is 1. The van der Waals surface area contributed by atoms with E-state index in [2.05, 4.69) is 5.32 Å². The van der Waals surface area contributed by atoms with Crippen molar-refractivity contribution in [3.05, 3.63) is 29.3 Å². The van der Waals surface area contributed by atoms with Crippen LogP contribution in [-0.4, -0.2) is 11.9 Å². The Bertz CT molecular complexity index is 582. The molecule has 4 N–H and O–H groups in total. The number of hydrogen-bond donors (Lipinski definition) is 3. The van der Waals surface area contributed by atoms with Crippen LogP contribution in [0.4, 0.5) is 14.5 Å². The van der Waals surface area contributed by atoms with Crippen molar-refractivity contribution in [2.24, 2.45) is 29.5 Å². The molecule has 1 amide bonds. The van der Waals surface area contributed by atoms with E-state index in [-0.39, 0.29) is 11.6 Å². The summed E-state index contributed by atoms with van der Waals surface area (Å²) in [5.74, 6) is 5.56. The standard InChI is InChI=1S/C15H17F2N3O/c16-9-4-8(5-10(17)13(9)20-18)15(21)19-14-11-6-1-2-7(3-6)12(11)14/h4-7,11-12,14,20H,1-3,18H2,(H,19,21). The Morgan fingerprint density at radius 3 is 2.24 bits per heavy atom. The maximum atomic E-state index is 13.6. The molecule has 3 aliphatic rings. The third-order valence-electron chi connectivity index (χ3n) is 5.48. The predicted octanol–water partition coefficient (Wildman–Crippen LogP) is 2.02. The number of rotatable bonds is 3. The summed E-state index contributed by atoms with van der Waals surface area (Å²) >= 11 is 0. The molecule has 0 aliphatic heterocycles. The number of amides is 1. The van der Waals surface area contributed by atoms with Crippen molar-refractivity contribution in [1.29, 1.82) is 0 Å². The van der Waals surface area contributed by atoms with Gasteiger partial charge in [0.15, 0.2) is 11.6 Å². The van der Waals surface area contributed by atoms with Crippen molar-refractivity contribution in [2.45, 2.75) is 25.3 Å². The fourth-order valence-corrected chi connectivity index (χ4v) is 4.60. The highest BCUT2D eigenvalue weighted by Crippen LogP contribution is 2.65. The minimum absolute atomic E-state index is 0.00122. The summed E-state index contributed by atoms with van der Waals surface area (Å²) in [5.41, 5.74) is 1.53. The molecule has 4 rings (SSSR count). The van der Waals surface area contributed by atoms with Gasteiger partial charge in [-0.25, -0.2) is 8.78 Å². The van der Waals surface area contributed by atoms with E-state index < -0.39 is 23.2 Å². The van der Waals surface area contributed by atoms with Gasteiger partial charge in [0.05, 0.1) is 0 Å². The quantitative estimate of drug-likeness (QED) is 0.590. The number of fused-ring (bicyclic) bond motifs is 5. The van der Waals surface area contributed by atoms with Crippen molar-refractivity contribution >= 4 is 11.6 Å². The zero-order chi connectivity index (χ0) is 14.7. The summed E-state index contributed by atoms with van der Waals surface area (Å²) in [6, 6.07) is 2.22. The molecule has 0 radical (unpaired) electrons. The third kappa shape index (κ3) is 1.85. The summed E-state index contributed by atoms with van der Waals surface area (Å²) < 4.78 is 27.3. The Morgan fingerprint density at radius 2 is 1.71 bits per heavy atom. The number of hydrazine groups is 1. The van der Waals surface area contributed by atoms with E-state index >= 15 is 0 Å². The lowest BCUT2D eigenvalue weighted by Crippen LogP contribution is -2.30. The van der Waals surface area contributed by atoms with E-state index in [0.717, 1.165) is 24.0 Å². The molecule has 0 heterocycles. The van der Waals surface area contributed by atoms with Crippen molar-refractivity contribution in [3.63, 3.8) is 0 Å². The lowest BCUT2D eigenvalue weighted by Gasteiger charge is -2.11. The maximum absolute atomic E-state index is 13.6. The first kappa shape index (κ1) is 13.0. The molecule has 3 fully saturated rings. The second-order valence-corrected chi connectivity index (χ2v) is 6.45. The molecule has 2 bridgehead atoms. The SMILES string of the molecule is NNc1c(F)cc(C(=O)NC2C3C4CCC(C4)C23)cc1F.